The average Bonchev–Trinajstić information content (AvgIpc) is 2.26. The summed E-state index contributed by atoms with van der Waals surface area (Å²) >= 11 is 5.95. The second kappa shape index (κ2) is 6.38. The van der Waals surface area contributed by atoms with Gasteiger partial charge >= 0.3 is 5.97 Å². The molecular formula is C12H16ClNO2. The number of unbranched alkanes of at least 4 members (excludes halogenated alkanes) is 1. The maximum absolute atomic E-state index is 11.0. The third-order valence-electron chi connectivity index (χ3n) is 2.35. The zero-order valence-corrected chi connectivity index (χ0v) is 10.00. The van der Waals surface area contributed by atoms with E-state index in [1.54, 1.807) is 12.1 Å². The van der Waals surface area contributed by atoms with E-state index in [1.165, 1.54) is 0 Å². The van der Waals surface area contributed by atoms with Crippen molar-refractivity contribution in [3.05, 3.63) is 29.3 Å². The molecule has 0 amide bonds. The molecule has 0 aliphatic heterocycles. The Hall–Kier alpha value is -1.22. The van der Waals surface area contributed by atoms with Gasteiger partial charge in [0.2, 0.25) is 0 Å². The molecule has 16 heavy (non-hydrogen) atoms. The van der Waals surface area contributed by atoms with Gasteiger partial charge in [-0.05, 0) is 18.6 Å². The van der Waals surface area contributed by atoms with Crippen LogP contribution in [0.1, 0.15) is 26.2 Å². The first kappa shape index (κ1) is 12.8. The molecule has 1 atom stereocenters. The van der Waals surface area contributed by atoms with Crippen LogP contribution in [0.25, 0.3) is 0 Å². The normalized spacial score (nSPS) is 12.1. The Morgan fingerprint density at radius 1 is 1.50 bits per heavy atom. The van der Waals surface area contributed by atoms with Crippen LogP contribution in [0.2, 0.25) is 5.02 Å². The SMILES string of the molecule is CCCCC(Nc1ccccc1Cl)C(=O)O. The van der Waals surface area contributed by atoms with Crippen LogP contribution in [0.3, 0.4) is 0 Å². The van der Waals surface area contributed by atoms with E-state index in [2.05, 4.69) is 5.32 Å². The number of anilines is 1. The minimum atomic E-state index is -0.839. The van der Waals surface area contributed by atoms with Gasteiger partial charge in [-0.25, -0.2) is 4.79 Å². The molecule has 3 nitrogen and oxygen atoms in total. The topological polar surface area (TPSA) is 49.3 Å². The first-order chi connectivity index (χ1) is 7.65. The molecule has 0 radical (unpaired) electrons. The molecule has 1 aromatic carbocycles. The van der Waals surface area contributed by atoms with Gasteiger partial charge in [0, 0.05) is 0 Å². The summed E-state index contributed by atoms with van der Waals surface area (Å²) in [6.07, 6.45) is 2.47. The van der Waals surface area contributed by atoms with Crippen LogP contribution in [0, 0.1) is 0 Å². The van der Waals surface area contributed by atoms with Gasteiger partial charge in [0.1, 0.15) is 6.04 Å². The third kappa shape index (κ3) is 3.74. The van der Waals surface area contributed by atoms with Crippen molar-refractivity contribution in [3.63, 3.8) is 0 Å². The summed E-state index contributed by atoms with van der Waals surface area (Å²) in [4.78, 5) is 11.0. The number of rotatable bonds is 6. The number of halogens is 1. The van der Waals surface area contributed by atoms with E-state index >= 15 is 0 Å². The Bertz CT molecular complexity index is 355. The van der Waals surface area contributed by atoms with Gasteiger partial charge in [-0.15, -0.1) is 0 Å². The summed E-state index contributed by atoms with van der Waals surface area (Å²) in [7, 11) is 0. The van der Waals surface area contributed by atoms with E-state index in [0.717, 1.165) is 12.8 Å². The molecule has 0 bridgehead atoms. The van der Waals surface area contributed by atoms with Gasteiger partial charge < -0.3 is 10.4 Å². The summed E-state index contributed by atoms with van der Waals surface area (Å²) < 4.78 is 0. The maximum Gasteiger partial charge on any atom is 0.326 e. The zero-order chi connectivity index (χ0) is 12.0. The fourth-order valence-electron chi connectivity index (χ4n) is 1.43. The first-order valence-corrected chi connectivity index (χ1v) is 5.76. The molecule has 0 saturated carbocycles. The predicted octanol–water partition coefficient (Wildman–Crippen LogP) is 3.40. The van der Waals surface area contributed by atoms with E-state index in [1.807, 2.05) is 19.1 Å². The molecule has 1 unspecified atom stereocenters. The Morgan fingerprint density at radius 2 is 2.19 bits per heavy atom. The van der Waals surface area contributed by atoms with Crippen LogP contribution in [0.15, 0.2) is 24.3 Å². The molecule has 2 N–H and O–H groups in total. The highest BCUT2D eigenvalue weighted by Crippen LogP contribution is 2.22. The largest absolute Gasteiger partial charge is 0.480 e. The van der Waals surface area contributed by atoms with Crippen molar-refractivity contribution in [1.82, 2.24) is 0 Å². The van der Waals surface area contributed by atoms with E-state index in [-0.39, 0.29) is 0 Å². The average molecular weight is 242 g/mol. The number of carboxylic acids is 1. The van der Waals surface area contributed by atoms with Crippen LogP contribution in [-0.2, 0) is 4.79 Å². The molecule has 88 valence electrons. The summed E-state index contributed by atoms with van der Waals surface area (Å²) in [5, 5.41) is 12.5. The van der Waals surface area contributed by atoms with Gasteiger partial charge in [-0.2, -0.15) is 0 Å². The standard InChI is InChI=1S/C12H16ClNO2/c1-2-3-7-11(12(15)16)14-10-8-5-4-6-9(10)13/h4-6,8,11,14H,2-3,7H2,1H3,(H,15,16). The highest BCUT2D eigenvalue weighted by Gasteiger charge is 2.16. The number of nitrogens with one attached hydrogen (secondary N) is 1. The van der Waals surface area contributed by atoms with Crippen molar-refractivity contribution in [2.45, 2.75) is 32.2 Å². The molecule has 4 heteroatoms. The monoisotopic (exact) mass is 241 g/mol. The lowest BCUT2D eigenvalue weighted by Crippen LogP contribution is -2.29. The van der Waals surface area contributed by atoms with Crippen LogP contribution in [-0.4, -0.2) is 17.1 Å². The fraction of sp³-hybridized carbons (Fsp3) is 0.417. The zero-order valence-electron chi connectivity index (χ0n) is 9.24. The van der Waals surface area contributed by atoms with Crippen molar-refractivity contribution in [2.75, 3.05) is 5.32 Å². The number of carboxylic acid groups (broad SMARTS) is 1. The van der Waals surface area contributed by atoms with Gasteiger partial charge in [-0.3, -0.25) is 0 Å². The summed E-state index contributed by atoms with van der Waals surface area (Å²) in [6, 6.07) is 6.59. The highest BCUT2D eigenvalue weighted by molar-refractivity contribution is 6.33. The van der Waals surface area contributed by atoms with E-state index in [9.17, 15) is 4.79 Å². The summed E-state index contributed by atoms with van der Waals surface area (Å²) in [5.41, 5.74) is 0.674. The number of hydrogen-bond donors (Lipinski definition) is 2. The van der Waals surface area contributed by atoms with Crippen LogP contribution in [0.5, 0.6) is 0 Å². The van der Waals surface area contributed by atoms with E-state index in [0.29, 0.717) is 17.1 Å². The van der Waals surface area contributed by atoms with Crippen molar-refractivity contribution in [3.8, 4) is 0 Å². The van der Waals surface area contributed by atoms with Crippen molar-refractivity contribution in [1.29, 1.82) is 0 Å². The van der Waals surface area contributed by atoms with Crippen molar-refractivity contribution >= 4 is 23.3 Å². The van der Waals surface area contributed by atoms with Crippen molar-refractivity contribution < 1.29 is 9.90 Å². The van der Waals surface area contributed by atoms with Crippen LogP contribution >= 0.6 is 11.6 Å². The van der Waals surface area contributed by atoms with Crippen LogP contribution < -0.4 is 5.32 Å². The molecule has 0 fully saturated rings. The van der Waals surface area contributed by atoms with Gasteiger partial charge in [0.05, 0.1) is 10.7 Å². The lowest BCUT2D eigenvalue weighted by atomic mass is 10.1. The number of carbonyl (C=O) groups is 1. The Labute approximate surface area is 100 Å². The maximum atomic E-state index is 11.0. The van der Waals surface area contributed by atoms with Gasteiger partial charge in [-0.1, -0.05) is 43.5 Å². The summed E-state index contributed by atoms with van der Waals surface area (Å²) in [5.74, 6) is -0.839. The second-order valence-electron chi connectivity index (χ2n) is 3.66. The second-order valence-corrected chi connectivity index (χ2v) is 4.06. The number of hydrogen-bond acceptors (Lipinski definition) is 2. The molecule has 0 heterocycles. The molecule has 1 aromatic rings. The summed E-state index contributed by atoms with van der Waals surface area (Å²) in [6.45, 7) is 2.04. The minimum absolute atomic E-state index is 0.547. The lowest BCUT2D eigenvalue weighted by molar-refractivity contribution is -0.138. The van der Waals surface area contributed by atoms with Gasteiger partial charge in [0.15, 0.2) is 0 Å². The quantitative estimate of drug-likeness (QED) is 0.803. The fourth-order valence-corrected chi connectivity index (χ4v) is 1.62. The minimum Gasteiger partial charge on any atom is -0.480 e. The Balaban J connectivity index is 2.68. The molecular weight excluding hydrogens is 226 g/mol. The third-order valence-corrected chi connectivity index (χ3v) is 2.68. The number of para-hydroxylation sites is 1. The molecule has 0 spiro atoms. The molecule has 0 aliphatic carbocycles. The smallest absolute Gasteiger partial charge is 0.326 e. The molecule has 1 rings (SSSR count). The van der Waals surface area contributed by atoms with E-state index in [4.69, 9.17) is 16.7 Å². The number of aliphatic carboxylic acids is 1. The van der Waals surface area contributed by atoms with Crippen molar-refractivity contribution in [2.24, 2.45) is 0 Å². The van der Waals surface area contributed by atoms with Crippen LogP contribution in [0.4, 0.5) is 5.69 Å². The Kier molecular flexibility index (Phi) is 5.12. The molecule has 0 aromatic heterocycles. The number of benzene rings is 1. The predicted molar refractivity (Wildman–Crippen MR) is 66.0 cm³/mol. The molecule has 0 aliphatic rings. The van der Waals surface area contributed by atoms with Gasteiger partial charge in [0.25, 0.3) is 0 Å². The highest BCUT2D eigenvalue weighted by atomic mass is 35.5. The first-order valence-electron chi connectivity index (χ1n) is 5.39. The lowest BCUT2D eigenvalue weighted by Gasteiger charge is -2.16. The Morgan fingerprint density at radius 3 is 2.75 bits per heavy atom. The van der Waals surface area contributed by atoms with E-state index < -0.39 is 12.0 Å². The molecule has 0 saturated heterocycles.